The number of benzene rings is 2. The molecule has 0 saturated heterocycles. The van der Waals surface area contributed by atoms with Crippen molar-refractivity contribution in [1.82, 2.24) is 9.55 Å². The zero-order chi connectivity index (χ0) is 26.7. The lowest BCUT2D eigenvalue weighted by Gasteiger charge is -2.15. The van der Waals surface area contributed by atoms with Gasteiger partial charge in [0, 0.05) is 35.7 Å². The second kappa shape index (κ2) is 10.8. The topological polar surface area (TPSA) is 66.5 Å². The second-order valence-electron chi connectivity index (χ2n) is 8.79. The number of nitrogens with zero attached hydrogens (tertiary/aromatic N) is 2. The van der Waals surface area contributed by atoms with Crippen molar-refractivity contribution in [2.24, 2.45) is 0 Å². The minimum absolute atomic E-state index is 0.276. The van der Waals surface area contributed by atoms with Gasteiger partial charge in [-0.05, 0) is 75.2 Å². The van der Waals surface area contributed by atoms with Crippen molar-refractivity contribution < 1.29 is 31.9 Å². The van der Waals surface area contributed by atoms with Gasteiger partial charge in [-0.2, -0.15) is 13.2 Å². The third-order valence-corrected chi connectivity index (χ3v) is 6.16. The van der Waals surface area contributed by atoms with E-state index in [-0.39, 0.29) is 11.9 Å². The van der Waals surface area contributed by atoms with E-state index in [1.54, 1.807) is 13.8 Å². The van der Waals surface area contributed by atoms with E-state index in [2.05, 4.69) is 15.6 Å². The van der Waals surface area contributed by atoms with Crippen molar-refractivity contribution in [2.45, 2.75) is 52.9 Å². The summed E-state index contributed by atoms with van der Waals surface area (Å²) in [5.41, 5.74) is 3.46. The van der Waals surface area contributed by atoms with Crippen molar-refractivity contribution >= 4 is 16.9 Å². The number of carbonyl (C=O) groups is 1. The number of halogens is 3. The van der Waals surface area contributed by atoms with Gasteiger partial charge in [0.15, 0.2) is 6.10 Å². The number of hydrogen-bond acceptors (Lipinski definition) is 5. The fourth-order valence-electron chi connectivity index (χ4n) is 4.30. The summed E-state index contributed by atoms with van der Waals surface area (Å²) >= 11 is 0. The maximum Gasteiger partial charge on any atom is 0.416 e. The number of oxazole rings is 1. The summed E-state index contributed by atoms with van der Waals surface area (Å²) < 4.78 is 57.2. The summed E-state index contributed by atoms with van der Waals surface area (Å²) in [5, 5.41) is 1.04. The van der Waals surface area contributed by atoms with Crippen LogP contribution in [0.2, 0.25) is 0 Å². The molecule has 0 aliphatic heterocycles. The van der Waals surface area contributed by atoms with Crippen molar-refractivity contribution in [3.63, 3.8) is 0 Å². The number of carbonyl (C=O) groups excluding carboxylic acids is 1. The van der Waals surface area contributed by atoms with Crippen LogP contribution in [0.3, 0.4) is 0 Å². The molecule has 0 amide bonds. The number of ether oxygens (including phenoxy) is 2. The van der Waals surface area contributed by atoms with E-state index in [9.17, 15) is 18.0 Å². The first-order chi connectivity index (χ1) is 17.6. The summed E-state index contributed by atoms with van der Waals surface area (Å²) in [6.07, 6.45) is -2.63. The Hall–Kier alpha value is -3.59. The van der Waals surface area contributed by atoms with Crippen LogP contribution in [0.25, 0.3) is 22.4 Å². The van der Waals surface area contributed by atoms with Crippen molar-refractivity contribution in [3.05, 3.63) is 76.8 Å². The first-order valence-corrected chi connectivity index (χ1v) is 12.1. The lowest BCUT2D eigenvalue weighted by molar-refractivity contribution is -0.156. The molecule has 1 atom stereocenters. The SMILES string of the molecule is CCOC(=O)C(Cc1ccc2c(c1)c(C)cn2Cc1nc(-c2ccc(C(F)(F)F)cc2)oc1C)OCC. The third-order valence-electron chi connectivity index (χ3n) is 6.16. The highest BCUT2D eigenvalue weighted by Gasteiger charge is 2.30. The normalized spacial score (nSPS) is 12.7. The van der Waals surface area contributed by atoms with Gasteiger partial charge in [-0.15, -0.1) is 0 Å². The number of aromatic nitrogens is 2. The van der Waals surface area contributed by atoms with Crippen LogP contribution in [-0.4, -0.2) is 34.8 Å². The Bertz CT molecular complexity index is 1390. The zero-order valence-corrected chi connectivity index (χ0v) is 21.2. The quantitative estimate of drug-likeness (QED) is 0.239. The van der Waals surface area contributed by atoms with Crippen LogP contribution in [0, 0.1) is 13.8 Å². The number of esters is 1. The average molecular weight is 515 g/mol. The zero-order valence-electron chi connectivity index (χ0n) is 21.2. The molecular formula is C28H29F3N2O4. The van der Waals surface area contributed by atoms with Crippen LogP contribution >= 0.6 is 0 Å². The molecule has 2 aromatic carbocycles. The van der Waals surface area contributed by atoms with Gasteiger partial charge in [0.1, 0.15) is 11.5 Å². The molecule has 0 radical (unpaired) electrons. The molecule has 0 fully saturated rings. The lowest BCUT2D eigenvalue weighted by atomic mass is 10.0. The van der Waals surface area contributed by atoms with Gasteiger partial charge in [0.2, 0.25) is 5.89 Å². The number of hydrogen-bond donors (Lipinski definition) is 0. The highest BCUT2D eigenvalue weighted by Crippen LogP contribution is 2.32. The van der Waals surface area contributed by atoms with Gasteiger partial charge in [0.25, 0.3) is 0 Å². The maximum absolute atomic E-state index is 12.9. The summed E-state index contributed by atoms with van der Waals surface area (Å²) in [6, 6.07) is 10.8. The van der Waals surface area contributed by atoms with Gasteiger partial charge in [-0.25, -0.2) is 9.78 Å². The maximum atomic E-state index is 12.9. The number of aryl methyl sites for hydroxylation is 2. The molecule has 0 aliphatic carbocycles. The van der Waals surface area contributed by atoms with E-state index in [0.29, 0.717) is 43.2 Å². The monoisotopic (exact) mass is 514 g/mol. The molecule has 9 heteroatoms. The van der Waals surface area contributed by atoms with Crippen LogP contribution in [0.15, 0.2) is 53.1 Å². The van der Waals surface area contributed by atoms with Gasteiger partial charge in [-0.1, -0.05) is 6.07 Å². The number of alkyl halides is 3. The summed E-state index contributed by atoms with van der Waals surface area (Å²) in [6.45, 7) is 8.55. The first-order valence-electron chi connectivity index (χ1n) is 12.1. The Morgan fingerprint density at radius 2 is 1.81 bits per heavy atom. The van der Waals surface area contributed by atoms with Crippen molar-refractivity contribution in [3.8, 4) is 11.5 Å². The summed E-state index contributed by atoms with van der Waals surface area (Å²) in [7, 11) is 0. The third kappa shape index (κ3) is 5.88. The molecule has 37 heavy (non-hydrogen) atoms. The van der Waals surface area contributed by atoms with E-state index >= 15 is 0 Å². The van der Waals surface area contributed by atoms with Crippen LogP contribution in [0.5, 0.6) is 0 Å². The highest BCUT2D eigenvalue weighted by atomic mass is 19.4. The van der Waals surface area contributed by atoms with Crippen LogP contribution < -0.4 is 0 Å². The molecule has 0 N–H and O–H groups in total. The van der Waals surface area contributed by atoms with Crippen LogP contribution in [0.4, 0.5) is 13.2 Å². The van der Waals surface area contributed by atoms with Crippen LogP contribution in [-0.2, 0) is 33.4 Å². The van der Waals surface area contributed by atoms with Gasteiger partial charge < -0.3 is 18.5 Å². The van der Waals surface area contributed by atoms with Crippen molar-refractivity contribution in [1.29, 1.82) is 0 Å². The Labute approximate surface area is 213 Å². The molecule has 196 valence electrons. The smallest absolute Gasteiger partial charge is 0.416 e. The van der Waals surface area contributed by atoms with Crippen LogP contribution in [0.1, 0.15) is 42.0 Å². The first kappa shape index (κ1) is 26.5. The minimum atomic E-state index is -4.40. The van der Waals surface area contributed by atoms with Gasteiger partial charge in [-0.3, -0.25) is 0 Å². The molecule has 0 bridgehead atoms. The van der Waals surface area contributed by atoms with Gasteiger partial charge >= 0.3 is 12.1 Å². The van der Waals surface area contributed by atoms with E-state index in [0.717, 1.165) is 34.2 Å². The Kier molecular flexibility index (Phi) is 7.73. The number of fused-ring (bicyclic) bond motifs is 1. The highest BCUT2D eigenvalue weighted by molar-refractivity contribution is 5.85. The minimum Gasteiger partial charge on any atom is -0.464 e. The Balaban J connectivity index is 1.56. The molecule has 0 saturated carbocycles. The molecule has 4 aromatic rings. The van der Waals surface area contributed by atoms with E-state index < -0.39 is 17.8 Å². The molecule has 0 aliphatic rings. The Morgan fingerprint density at radius 3 is 2.46 bits per heavy atom. The summed E-state index contributed by atoms with van der Waals surface area (Å²) in [5.74, 6) is 0.502. The van der Waals surface area contributed by atoms with E-state index in [1.165, 1.54) is 12.1 Å². The predicted octanol–water partition coefficient (Wildman–Crippen LogP) is 6.49. The predicted molar refractivity (Wildman–Crippen MR) is 133 cm³/mol. The Morgan fingerprint density at radius 1 is 1.08 bits per heavy atom. The molecule has 1 unspecified atom stereocenters. The molecular weight excluding hydrogens is 485 g/mol. The van der Waals surface area contributed by atoms with Gasteiger partial charge in [0.05, 0.1) is 18.7 Å². The lowest BCUT2D eigenvalue weighted by Crippen LogP contribution is -2.29. The molecule has 6 nitrogen and oxygen atoms in total. The van der Waals surface area contributed by atoms with E-state index in [4.69, 9.17) is 13.9 Å². The summed E-state index contributed by atoms with van der Waals surface area (Å²) in [4.78, 5) is 16.8. The second-order valence-corrected chi connectivity index (χ2v) is 8.79. The standard InChI is InChI=1S/C28H29F3N2O4/c1-5-35-25(27(34)36-6-2)14-19-7-12-24-22(13-19)17(3)15-33(24)16-23-18(4)37-26(32-23)20-8-10-21(11-9-20)28(29,30)31/h7-13,15,25H,5-6,14,16H2,1-4H3. The molecule has 4 rings (SSSR count). The fraction of sp³-hybridized carbons (Fsp3) is 0.357. The fourth-order valence-corrected chi connectivity index (χ4v) is 4.30. The average Bonchev–Trinajstić information content (AvgIpc) is 3.37. The molecule has 0 spiro atoms. The molecule has 2 heterocycles. The van der Waals surface area contributed by atoms with E-state index in [1.807, 2.05) is 32.2 Å². The number of rotatable bonds is 9. The largest absolute Gasteiger partial charge is 0.464 e. The van der Waals surface area contributed by atoms with Crippen molar-refractivity contribution in [2.75, 3.05) is 13.2 Å². The molecule has 2 aromatic heterocycles.